The predicted molar refractivity (Wildman–Crippen MR) is 161 cm³/mol. The first-order valence-corrected chi connectivity index (χ1v) is 15.9. The van der Waals surface area contributed by atoms with Crippen LogP contribution in [0.25, 0.3) is 0 Å². The Morgan fingerprint density at radius 3 is 2.37 bits per heavy atom. The minimum atomic E-state index is -0.413. The van der Waals surface area contributed by atoms with Crippen LogP contribution in [0.2, 0.25) is 0 Å². The topological polar surface area (TPSA) is 127 Å². The summed E-state index contributed by atoms with van der Waals surface area (Å²) >= 11 is 2.86. The van der Waals surface area contributed by atoms with Crippen LogP contribution in [0.15, 0.2) is 52.3 Å². The van der Waals surface area contributed by atoms with Gasteiger partial charge in [0.2, 0.25) is 17.7 Å². The fourth-order valence-corrected chi connectivity index (χ4v) is 10.7. The molecule has 3 fully saturated rings. The van der Waals surface area contributed by atoms with Crippen molar-refractivity contribution in [2.75, 3.05) is 33.2 Å². The second-order valence-electron chi connectivity index (χ2n) is 11.4. The normalized spacial score (nSPS) is 28.3. The second-order valence-corrected chi connectivity index (χ2v) is 13.6. The predicted octanol–water partition coefficient (Wildman–Crippen LogP) is 3.96. The number of aromatic amines is 1. The number of hydrogen-bond acceptors (Lipinski definition) is 9. The summed E-state index contributed by atoms with van der Waals surface area (Å²) in [4.78, 5) is 58.0. The van der Waals surface area contributed by atoms with Gasteiger partial charge in [0.15, 0.2) is 11.5 Å². The van der Waals surface area contributed by atoms with Crippen LogP contribution < -0.4 is 24.4 Å². The molecule has 3 aromatic rings. The number of carbonyl (C=O) groups excluding carboxylic acids is 3. The van der Waals surface area contributed by atoms with Gasteiger partial charge in [-0.15, -0.1) is 11.8 Å². The molecule has 224 valence electrons. The van der Waals surface area contributed by atoms with Crippen LogP contribution in [0.5, 0.6) is 17.2 Å². The van der Waals surface area contributed by atoms with E-state index in [9.17, 15) is 19.2 Å². The lowest BCUT2D eigenvalue weighted by Gasteiger charge is -2.43. The van der Waals surface area contributed by atoms with Gasteiger partial charge < -0.3 is 24.5 Å². The Hall–Kier alpha value is -3.77. The molecule has 2 aromatic carbocycles. The molecule has 1 aromatic heterocycles. The Bertz CT molecular complexity index is 1670. The van der Waals surface area contributed by atoms with Crippen molar-refractivity contribution in [2.24, 2.45) is 29.6 Å². The first-order chi connectivity index (χ1) is 20.8. The third-order valence-corrected chi connectivity index (χ3v) is 12.1. The summed E-state index contributed by atoms with van der Waals surface area (Å²) in [5.41, 5.74) is 1.62. The maximum atomic E-state index is 13.8. The van der Waals surface area contributed by atoms with E-state index in [1.807, 2.05) is 18.2 Å². The van der Waals surface area contributed by atoms with Gasteiger partial charge in [0.25, 0.3) is 0 Å². The van der Waals surface area contributed by atoms with Gasteiger partial charge in [0.1, 0.15) is 5.75 Å². The van der Waals surface area contributed by atoms with Crippen molar-refractivity contribution < 1.29 is 28.6 Å². The summed E-state index contributed by atoms with van der Waals surface area (Å²) in [6, 6.07) is 12.8. The number of amides is 3. The number of nitrogens with zero attached hydrogens (tertiary/aromatic N) is 1. The minimum Gasteiger partial charge on any atom is -0.497 e. The lowest BCUT2D eigenvalue weighted by molar-refractivity contribution is -0.141. The number of methoxy groups -OCH3 is 3. The molecule has 7 atom stereocenters. The SMILES string of the molecule is COc1ccc(NC(=O)CCN2C(=O)C3C4CC(C3C2=O)C2C(c3ccc(OC)c(OC)c3)c3sc(=O)[nH]c3SC42)cc1. The number of imide groups is 1. The van der Waals surface area contributed by atoms with Crippen molar-refractivity contribution >= 4 is 46.5 Å². The molecule has 43 heavy (non-hydrogen) atoms. The van der Waals surface area contributed by atoms with E-state index in [1.54, 1.807) is 57.4 Å². The second kappa shape index (κ2) is 10.7. The fraction of sp³-hybridized carbons (Fsp3) is 0.419. The highest BCUT2D eigenvalue weighted by molar-refractivity contribution is 8.00. The van der Waals surface area contributed by atoms with Crippen LogP contribution in [-0.4, -0.2) is 60.7 Å². The molecule has 0 radical (unpaired) electrons. The standard InChI is InChI=1S/C31H31N3O7S2/c1-39-16-7-5-15(6-8-16)32-21(35)10-11-34-29(36)24-17-13-18(25(24)30(34)37)26-23(17)22(27-28(42-26)33-31(38)43-27)14-4-9-19(40-2)20(12-14)41-3/h4-9,12,17-18,22-26H,10-11,13H2,1-3H3,(H,32,35)(H,33,38). The Morgan fingerprint density at radius 2 is 1.67 bits per heavy atom. The van der Waals surface area contributed by atoms with Crippen LogP contribution in [0, 0.1) is 29.6 Å². The van der Waals surface area contributed by atoms with Crippen molar-refractivity contribution in [3.63, 3.8) is 0 Å². The quantitative estimate of drug-likeness (QED) is 0.362. The minimum absolute atomic E-state index is 0.00877. The van der Waals surface area contributed by atoms with E-state index in [2.05, 4.69) is 10.3 Å². The molecule has 2 aliphatic heterocycles. The summed E-state index contributed by atoms with van der Waals surface area (Å²) in [5, 5.41) is 3.76. The molecule has 2 bridgehead atoms. The van der Waals surface area contributed by atoms with Gasteiger partial charge in [0, 0.05) is 34.7 Å². The summed E-state index contributed by atoms with van der Waals surface area (Å²) in [5.74, 6) is 0.433. The van der Waals surface area contributed by atoms with Gasteiger partial charge in [-0.25, -0.2) is 0 Å². The number of nitrogens with one attached hydrogen (secondary N) is 2. The van der Waals surface area contributed by atoms with Gasteiger partial charge >= 0.3 is 4.87 Å². The first-order valence-electron chi connectivity index (χ1n) is 14.2. The molecule has 3 heterocycles. The van der Waals surface area contributed by atoms with Gasteiger partial charge in [-0.3, -0.25) is 24.1 Å². The molecule has 1 saturated heterocycles. The van der Waals surface area contributed by atoms with E-state index in [-0.39, 0.29) is 64.5 Å². The number of H-pyrrole nitrogens is 1. The largest absolute Gasteiger partial charge is 0.497 e. The van der Waals surface area contributed by atoms with Crippen molar-refractivity contribution in [2.45, 2.75) is 29.0 Å². The number of aromatic nitrogens is 1. The van der Waals surface area contributed by atoms with Gasteiger partial charge in [-0.2, -0.15) is 0 Å². The van der Waals surface area contributed by atoms with Crippen molar-refractivity contribution in [1.82, 2.24) is 9.88 Å². The Labute approximate surface area is 256 Å². The fourth-order valence-electron chi connectivity index (χ4n) is 7.83. The number of likely N-dealkylation sites (tertiary alicyclic amines) is 1. The van der Waals surface area contributed by atoms with E-state index in [0.717, 1.165) is 21.9 Å². The number of hydrogen-bond donors (Lipinski definition) is 2. The lowest BCUT2D eigenvalue weighted by atomic mass is 9.68. The van der Waals surface area contributed by atoms with E-state index in [4.69, 9.17) is 14.2 Å². The van der Waals surface area contributed by atoms with Crippen LogP contribution >= 0.6 is 23.1 Å². The smallest absolute Gasteiger partial charge is 0.305 e. The molecule has 7 unspecified atom stereocenters. The van der Waals surface area contributed by atoms with Gasteiger partial charge in [-0.1, -0.05) is 17.4 Å². The maximum absolute atomic E-state index is 13.8. The molecule has 2 N–H and O–H groups in total. The molecule has 3 amide bonds. The summed E-state index contributed by atoms with van der Waals surface area (Å²) in [6.45, 7) is 0.0499. The first kappa shape index (κ1) is 28.0. The number of thiazole rings is 1. The number of ether oxygens (including phenoxy) is 3. The van der Waals surface area contributed by atoms with E-state index >= 15 is 0 Å². The molecule has 0 spiro atoms. The van der Waals surface area contributed by atoms with Gasteiger partial charge in [0.05, 0.1) is 38.2 Å². The number of thioether (sulfide) groups is 1. The zero-order chi connectivity index (χ0) is 30.0. The summed E-state index contributed by atoms with van der Waals surface area (Å²) in [7, 11) is 4.76. The molecule has 10 nitrogen and oxygen atoms in total. The van der Waals surface area contributed by atoms with E-state index in [1.165, 1.54) is 16.2 Å². The van der Waals surface area contributed by atoms with Gasteiger partial charge in [-0.05, 0) is 66.1 Å². The third kappa shape index (κ3) is 4.45. The van der Waals surface area contributed by atoms with Crippen LogP contribution in [-0.2, 0) is 14.4 Å². The molecular weight excluding hydrogens is 590 g/mol. The highest BCUT2D eigenvalue weighted by Crippen LogP contribution is 2.68. The van der Waals surface area contributed by atoms with Crippen molar-refractivity contribution in [3.8, 4) is 17.2 Å². The average Bonchev–Trinajstić information content (AvgIpc) is 3.75. The number of fused-ring (bicyclic) bond motifs is 9. The zero-order valence-corrected chi connectivity index (χ0v) is 25.5. The van der Waals surface area contributed by atoms with Crippen LogP contribution in [0.1, 0.15) is 29.2 Å². The highest BCUT2D eigenvalue weighted by Gasteiger charge is 2.69. The third-order valence-electron chi connectivity index (χ3n) is 9.52. The Kier molecular flexibility index (Phi) is 7.00. The maximum Gasteiger partial charge on any atom is 0.305 e. The lowest BCUT2D eigenvalue weighted by Crippen LogP contribution is -2.42. The molecule has 7 rings (SSSR count). The Balaban J connectivity index is 1.14. The monoisotopic (exact) mass is 621 g/mol. The van der Waals surface area contributed by atoms with Crippen molar-refractivity contribution in [3.05, 3.63) is 62.6 Å². The number of anilines is 1. The molecule has 12 heteroatoms. The van der Waals surface area contributed by atoms with Crippen molar-refractivity contribution in [1.29, 1.82) is 0 Å². The number of rotatable bonds is 8. The summed E-state index contributed by atoms with van der Waals surface area (Å²) in [6.07, 6.45) is 0.816. The average molecular weight is 622 g/mol. The molecule has 2 aliphatic carbocycles. The molecule has 4 aliphatic rings. The van der Waals surface area contributed by atoms with E-state index in [0.29, 0.717) is 22.9 Å². The number of carbonyl (C=O) groups is 3. The highest BCUT2D eigenvalue weighted by atomic mass is 32.2. The van der Waals surface area contributed by atoms with Crippen LogP contribution in [0.4, 0.5) is 5.69 Å². The Morgan fingerprint density at radius 1 is 0.953 bits per heavy atom. The summed E-state index contributed by atoms with van der Waals surface area (Å²) < 4.78 is 16.2. The number of benzene rings is 2. The molecule has 2 saturated carbocycles. The van der Waals surface area contributed by atoms with E-state index < -0.39 is 11.8 Å². The zero-order valence-electron chi connectivity index (χ0n) is 23.8. The molecular formula is C31H31N3O7S2. The van der Waals surface area contributed by atoms with Crippen LogP contribution in [0.3, 0.4) is 0 Å².